The fourth-order valence-corrected chi connectivity index (χ4v) is 3.63. The van der Waals surface area contributed by atoms with Gasteiger partial charge in [0.2, 0.25) is 0 Å². The maximum absolute atomic E-state index is 6.40. The van der Waals surface area contributed by atoms with Crippen molar-refractivity contribution in [2.75, 3.05) is 0 Å². The molecule has 1 aromatic carbocycles. The highest BCUT2D eigenvalue weighted by Crippen LogP contribution is 2.27. The highest BCUT2D eigenvalue weighted by Gasteiger charge is 2.15. The predicted molar refractivity (Wildman–Crippen MR) is 89.7 cm³/mol. The van der Waals surface area contributed by atoms with Gasteiger partial charge in [0.05, 0.1) is 11.2 Å². The molecule has 0 saturated heterocycles. The molecule has 0 aliphatic rings. The fourth-order valence-electron chi connectivity index (χ4n) is 2.68. The van der Waals surface area contributed by atoms with E-state index in [1.165, 1.54) is 20.7 Å². The Labute approximate surface area is 129 Å². The smallest absolute Gasteiger partial charge is 0.0722 e. The number of para-hydroxylation sites is 1. The molecule has 2 heterocycles. The van der Waals surface area contributed by atoms with Gasteiger partial charge in [0, 0.05) is 34.1 Å². The van der Waals surface area contributed by atoms with Gasteiger partial charge in [0.25, 0.3) is 0 Å². The number of fused-ring (bicyclic) bond motifs is 1. The van der Waals surface area contributed by atoms with Gasteiger partial charge in [-0.05, 0) is 31.5 Å². The normalized spacial score (nSPS) is 12.9. The molecule has 0 bridgehead atoms. The predicted octanol–water partition coefficient (Wildman–Crippen LogP) is 3.92. The van der Waals surface area contributed by atoms with Crippen LogP contribution < -0.4 is 5.73 Å². The Bertz CT molecular complexity index is 741. The first-order chi connectivity index (χ1) is 10.2. The molecule has 1 atom stereocenters. The van der Waals surface area contributed by atoms with E-state index in [9.17, 15) is 0 Å². The molecule has 1 unspecified atom stereocenters. The molecule has 0 spiro atoms. The van der Waals surface area contributed by atoms with Gasteiger partial charge in [-0.1, -0.05) is 25.1 Å². The number of hydrogen-bond donors (Lipinski definition) is 1. The van der Waals surface area contributed by atoms with Crippen molar-refractivity contribution in [2.24, 2.45) is 5.73 Å². The Balaban J connectivity index is 1.90. The summed E-state index contributed by atoms with van der Waals surface area (Å²) in [7, 11) is 0. The molecule has 0 aliphatic carbocycles. The van der Waals surface area contributed by atoms with Crippen molar-refractivity contribution in [1.29, 1.82) is 0 Å². The van der Waals surface area contributed by atoms with E-state index in [4.69, 9.17) is 10.8 Å². The third kappa shape index (κ3) is 2.74. The average Bonchev–Trinajstić information content (AvgIpc) is 3.12. The quantitative estimate of drug-likeness (QED) is 0.776. The van der Waals surface area contributed by atoms with Crippen LogP contribution >= 0.6 is 11.3 Å². The summed E-state index contributed by atoms with van der Waals surface area (Å²) in [6.45, 7) is 5.18. The third-order valence-corrected chi connectivity index (χ3v) is 5.21. The summed E-state index contributed by atoms with van der Waals surface area (Å²) in [4.78, 5) is 2.64. The number of hydrogen-bond acceptors (Lipinski definition) is 3. The molecule has 110 valence electrons. The number of rotatable bonds is 5. The van der Waals surface area contributed by atoms with E-state index in [1.54, 1.807) is 0 Å². The second-order valence-corrected chi connectivity index (χ2v) is 6.45. The van der Waals surface area contributed by atoms with Gasteiger partial charge < -0.3 is 5.73 Å². The first-order valence-electron chi connectivity index (χ1n) is 7.51. The van der Waals surface area contributed by atoms with Crippen LogP contribution in [-0.2, 0) is 19.4 Å². The van der Waals surface area contributed by atoms with E-state index in [-0.39, 0.29) is 6.04 Å². The van der Waals surface area contributed by atoms with Crippen LogP contribution in [0.15, 0.2) is 36.4 Å². The molecule has 0 amide bonds. The molecule has 2 aromatic heterocycles. The van der Waals surface area contributed by atoms with E-state index in [0.717, 1.165) is 25.1 Å². The SMILES string of the molecule is CCc1ccc(C(N)Cc2nn(CC)c3ccccc23)s1. The van der Waals surface area contributed by atoms with Crippen molar-refractivity contribution in [3.05, 3.63) is 51.8 Å². The van der Waals surface area contributed by atoms with Gasteiger partial charge in [0.15, 0.2) is 0 Å². The molecule has 0 aliphatic heterocycles. The number of benzene rings is 1. The summed E-state index contributed by atoms with van der Waals surface area (Å²) in [5.41, 5.74) is 8.70. The number of aryl methyl sites for hydroxylation is 2. The lowest BCUT2D eigenvalue weighted by atomic mass is 10.1. The van der Waals surface area contributed by atoms with Gasteiger partial charge >= 0.3 is 0 Å². The molecular weight excluding hydrogens is 278 g/mol. The Kier molecular flexibility index (Phi) is 4.08. The lowest BCUT2D eigenvalue weighted by Crippen LogP contribution is -2.12. The molecule has 21 heavy (non-hydrogen) atoms. The highest BCUT2D eigenvalue weighted by atomic mass is 32.1. The summed E-state index contributed by atoms with van der Waals surface area (Å²) in [6, 6.07) is 12.8. The Hall–Kier alpha value is -1.65. The van der Waals surface area contributed by atoms with Crippen LogP contribution in [0, 0.1) is 0 Å². The molecule has 0 radical (unpaired) electrons. The Morgan fingerprint density at radius 2 is 2.00 bits per heavy atom. The molecule has 0 saturated carbocycles. The Morgan fingerprint density at radius 1 is 1.19 bits per heavy atom. The van der Waals surface area contributed by atoms with Crippen molar-refractivity contribution in [2.45, 2.75) is 39.3 Å². The second-order valence-electron chi connectivity index (χ2n) is 5.25. The fraction of sp³-hybridized carbons (Fsp3) is 0.353. The van der Waals surface area contributed by atoms with E-state index < -0.39 is 0 Å². The summed E-state index contributed by atoms with van der Waals surface area (Å²) in [5.74, 6) is 0. The monoisotopic (exact) mass is 299 g/mol. The van der Waals surface area contributed by atoms with Gasteiger partial charge in [-0.3, -0.25) is 4.68 Å². The summed E-state index contributed by atoms with van der Waals surface area (Å²) >= 11 is 1.82. The zero-order chi connectivity index (χ0) is 14.8. The summed E-state index contributed by atoms with van der Waals surface area (Å²) in [5, 5.41) is 5.97. The lowest BCUT2D eigenvalue weighted by molar-refractivity contribution is 0.645. The van der Waals surface area contributed by atoms with E-state index in [2.05, 4.69) is 54.9 Å². The number of aromatic nitrogens is 2. The highest BCUT2D eigenvalue weighted by molar-refractivity contribution is 7.12. The van der Waals surface area contributed by atoms with Crippen LogP contribution in [0.4, 0.5) is 0 Å². The van der Waals surface area contributed by atoms with Crippen molar-refractivity contribution in [3.8, 4) is 0 Å². The zero-order valence-corrected chi connectivity index (χ0v) is 13.4. The molecule has 0 fully saturated rings. The minimum absolute atomic E-state index is 0.0268. The van der Waals surface area contributed by atoms with Crippen LogP contribution in [0.25, 0.3) is 10.9 Å². The second kappa shape index (κ2) is 6.00. The van der Waals surface area contributed by atoms with Gasteiger partial charge in [-0.2, -0.15) is 5.10 Å². The first kappa shape index (κ1) is 14.3. The van der Waals surface area contributed by atoms with Crippen LogP contribution in [0.5, 0.6) is 0 Å². The third-order valence-electron chi connectivity index (χ3n) is 3.84. The number of thiophene rings is 1. The van der Waals surface area contributed by atoms with Crippen molar-refractivity contribution >= 4 is 22.2 Å². The van der Waals surface area contributed by atoms with E-state index >= 15 is 0 Å². The van der Waals surface area contributed by atoms with Gasteiger partial charge in [-0.25, -0.2) is 0 Å². The molecule has 3 aromatic rings. The van der Waals surface area contributed by atoms with Crippen molar-refractivity contribution < 1.29 is 0 Å². The zero-order valence-electron chi connectivity index (χ0n) is 12.5. The van der Waals surface area contributed by atoms with Crippen LogP contribution in [0.3, 0.4) is 0 Å². The van der Waals surface area contributed by atoms with Crippen LogP contribution in [0.1, 0.15) is 35.3 Å². The summed E-state index contributed by atoms with van der Waals surface area (Å²) in [6.07, 6.45) is 1.86. The molecule has 3 rings (SSSR count). The molecule has 3 nitrogen and oxygen atoms in total. The van der Waals surface area contributed by atoms with Crippen LogP contribution in [-0.4, -0.2) is 9.78 Å². The molecule has 2 N–H and O–H groups in total. The number of nitrogens with zero attached hydrogens (tertiary/aromatic N) is 2. The van der Waals surface area contributed by atoms with E-state index in [1.807, 2.05) is 11.3 Å². The maximum Gasteiger partial charge on any atom is 0.0722 e. The standard InChI is InChI=1S/C17H21N3S/c1-3-12-9-10-17(21-12)14(18)11-15-13-7-5-6-8-16(13)20(4-2)19-15/h5-10,14H,3-4,11,18H2,1-2H3. The van der Waals surface area contributed by atoms with Crippen molar-refractivity contribution in [1.82, 2.24) is 9.78 Å². The Morgan fingerprint density at radius 3 is 2.71 bits per heavy atom. The average molecular weight is 299 g/mol. The minimum atomic E-state index is 0.0268. The van der Waals surface area contributed by atoms with Crippen LogP contribution in [0.2, 0.25) is 0 Å². The topological polar surface area (TPSA) is 43.8 Å². The largest absolute Gasteiger partial charge is 0.323 e. The van der Waals surface area contributed by atoms with Gasteiger partial charge in [0.1, 0.15) is 0 Å². The molecular formula is C17H21N3S. The maximum atomic E-state index is 6.40. The lowest BCUT2D eigenvalue weighted by Gasteiger charge is -2.07. The number of nitrogens with two attached hydrogens (primary N) is 1. The van der Waals surface area contributed by atoms with E-state index in [0.29, 0.717) is 0 Å². The molecule has 4 heteroatoms. The van der Waals surface area contributed by atoms with Gasteiger partial charge in [-0.15, -0.1) is 11.3 Å². The minimum Gasteiger partial charge on any atom is -0.323 e. The van der Waals surface area contributed by atoms with Crippen molar-refractivity contribution in [3.63, 3.8) is 0 Å². The first-order valence-corrected chi connectivity index (χ1v) is 8.33. The summed E-state index contributed by atoms with van der Waals surface area (Å²) < 4.78 is 2.06.